The van der Waals surface area contributed by atoms with Gasteiger partial charge in [0.1, 0.15) is 0 Å². The Morgan fingerprint density at radius 2 is 2.15 bits per heavy atom. The van der Waals surface area contributed by atoms with Gasteiger partial charge in [-0.25, -0.2) is 0 Å². The lowest BCUT2D eigenvalue weighted by Crippen LogP contribution is -2.08. The van der Waals surface area contributed by atoms with Gasteiger partial charge >= 0.3 is 6.18 Å². The molecule has 0 aromatic carbocycles. The summed E-state index contributed by atoms with van der Waals surface area (Å²) in [4.78, 5) is 0.723. The maximum absolute atomic E-state index is 12.1. The predicted molar refractivity (Wildman–Crippen MR) is 47.3 cm³/mol. The first-order chi connectivity index (χ1) is 5.95. The highest BCUT2D eigenvalue weighted by atomic mass is 32.1. The van der Waals surface area contributed by atoms with Crippen molar-refractivity contribution in [3.63, 3.8) is 0 Å². The Kier molecular flexibility index (Phi) is 2.77. The molecule has 0 unspecified atom stereocenters. The number of rotatable bonds is 2. The highest BCUT2D eigenvalue weighted by Gasteiger charge is 2.33. The van der Waals surface area contributed by atoms with Crippen LogP contribution in [0.1, 0.15) is 10.4 Å². The fourth-order valence-electron chi connectivity index (χ4n) is 0.810. The van der Waals surface area contributed by atoms with Crippen LogP contribution < -0.4 is 5.73 Å². The van der Waals surface area contributed by atoms with Gasteiger partial charge < -0.3 is 5.73 Å². The van der Waals surface area contributed by atoms with Gasteiger partial charge in [0.05, 0.1) is 5.57 Å². The SMILES string of the molecule is C=C(c1csc(CN)c1)C(F)(F)F. The maximum atomic E-state index is 12.1. The van der Waals surface area contributed by atoms with E-state index in [0.717, 1.165) is 4.88 Å². The molecule has 0 saturated heterocycles. The molecule has 0 fully saturated rings. The zero-order valence-electron chi connectivity index (χ0n) is 6.69. The molecule has 0 radical (unpaired) electrons. The van der Waals surface area contributed by atoms with Crippen LogP contribution in [0.15, 0.2) is 18.0 Å². The smallest absolute Gasteiger partial charge is 0.326 e. The van der Waals surface area contributed by atoms with Crippen molar-refractivity contribution in [2.75, 3.05) is 0 Å². The lowest BCUT2D eigenvalue weighted by Gasteiger charge is -2.07. The minimum Gasteiger partial charge on any atom is -0.326 e. The molecule has 1 heterocycles. The van der Waals surface area contributed by atoms with Crippen molar-refractivity contribution in [1.82, 2.24) is 0 Å². The van der Waals surface area contributed by atoms with Crippen molar-refractivity contribution < 1.29 is 13.2 Å². The number of alkyl halides is 3. The molecule has 2 N–H and O–H groups in total. The Hall–Kier alpha value is -0.810. The van der Waals surface area contributed by atoms with E-state index in [1.54, 1.807) is 0 Å². The van der Waals surface area contributed by atoms with E-state index in [9.17, 15) is 13.2 Å². The molecule has 0 atom stereocenters. The monoisotopic (exact) mass is 207 g/mol. The third-order valence-electron chi connectivity index (χ3n) is 1.55. The number of hydrogen-bond donors (Lipinski definition) is 1. The van der Waals surface area contributed by atoms with Crippen LogP contribution in [0.5, 0.6) is 0 Å². The average Bonchev–Trinajstić information content (AvgIpc) is 2.48. The lowest BCUT2D eigenvalue weighted by atomic mass is 10.1. The van der Waals surface area contributed by atoms with Crippen LogP contribution in [0.3, 0.4) is 0 Å². The number of nitrogens with two attached hydrogens (primary N) is 1. The summed E-state index contributed by atoms with van der Waals surface area (Å²) in [6, 6.07) is 1.42. The van der Waals surface area contributed by atoms with Crippen LogP contribution in [-0.4, -0.2) is 6.18 Å². The number of halogens is 3. The molecule has 0 aliphatic rings. The highest BCUT2D eigenvalue weighted by molar-refractivity contribution is 7.10. The van der Waals surface area contributed by atoms with Crippen LogP contribution in [0, 0.1) is 0 Å². The van der Waals surface area contributed by atoms with Gasteiger partial charge in [-0.3, -0.25) is 0 Å². The van der Waals surface area contributed by atoms with Gasteiger partial charge in [0, 0.05) is 11.4 Å². The molecule has 72 valence electrons. The normalized spacial score (nSPS) is 11.7. The van der Waals surface area contributed by atoms with Crippen molar-refractivity contribution in [2.24, 2.45) is 5.73 Å². The fraction of sp³-hybridized carbons (Fsp3) is 0.250. The van der Waals surface area contributed by atoms with Crippen molar-refractivity contribution >= 4 is 16.9 Å². The minimum atomic E-state index is -4.35. The summed E-state index contributed by atoms with van der Waals surface area (Å²) in [5.74, 6) is 0. The molecule has 0 aliphatic carbocycles. The number of allylic oxidation sites excluding steroid dienone is 1. The average molecular weight is 207 g/mol. The molecule has 0 amide bonds. The lowest BCUT2D eigenvalue weighted by molar-refractivity contribution is -0.0686. The topological polar surface area (TPSA) is 26.0 Å². The first-order valence-corrected chi connectivity index (χ1v) is 4.37. The molecule has 1 aromatic heterocycles. The second-order valence-electron chi connectivity index (χ2n) is 2.48. The van der Waals surface area contributed by atoms with Crippen molar-refractivity contribution in [2.45, 2.75) is 12.7 Å². The molecule has 0 aliphatic heterocycles. The quantitative estimate of drug-likeness (QED) is 0.792. The van der Waals surface area contributed by atoms with Crippen molar-refractivity contribution in [3.8, 4) is 0 Å². The van der Waals surface area contributed by atoms with E-state index in [0.29, 0.717) is 0 Å². The van der Waals surface area contributed by atoms with E-state index >= 15 is 0 Å². The van der Waals surface area contributed by atoms with E-state index in [-0.39, 0.29) is 12.1 Å². The molecule has 13 heavy (non-hydrogen) atoms. The Balaban J connectivity index is 2.90. The van der Waals surface area contributed by atoms with Crippen LogP contribution in [0.25, 0.3) is 5.57 Å². The third kappa shape index (κ3) is 2.32. The second kappa shape index (κ2) is 3.51. The first kappa shape index (κ1) is 10.3. The Morgan fingerprint density at radius 1 is 1.54 bits per heavy atom. The molecule has 5 heteroatoms. The van der Waals surface area contributed by atoms with E-state index in [1.807, 2.05) is 0 Å². The zero-order valence-corrected chi connectivity index (χ0v) is 7.50. The van der Waals surface area contributed by atoms with Gasteiger partial charge in [0.2, 0.25) is 0 Å². The van der Waals surface area contributed by atoms with E-state index in [2.05, 4.69) is 6.58 Å². The molecular weight excluding hydrogens is 199 g/mol. The van der Waals surface area contributed by atoms with Crippen LogP contribution in [-0.2, 0) is 6.54 Å². The van der Waals surface area contributed by atoms with Gasteiger partial charge in [-0.15, -0.1) is 11.3 Å². The molecule has 0 bridgehead atoms. The van der Waals surface area contributed by atoms with Crippen LogP contribution in [0.4, 0.5) is 13.2 Å². The largest absolute Gasteiger partial charge is 0.416 e. The summed E-state index contributed by atoms with van der Waals surface area (Å²) in [5, 5.41) is 1.41. The van der Waals surface area contributed by atoms with Gasteiger partial charge in [-0.05, 0) is 17.0 Å². The van der Waals surface area contributed by atoms with Crippen LogP contribution in [0.2, 0.25) is 0 Å². The van der Waals surface area contributed by atoms with E-state index in [1.165, 1.54) is 22.8 Å². The summed E-state index contributed by atoms with van der Waals surface area (Å²) in [6.45, 7) is 3.24. The minimum absolute atomic E-state index is 0.109. The molecule has 1 rings (SSSR count). The molecular formula is C8H8F3NS. The Morgan fingerprint density at radius 3 is 2.54 bits per heavy atom. The molecule has 0 spiro atoms. The fourth-order valence-corrected chi connectivity index (χ4v) is 1.59. The van der Waals surface area contributed by atoms with E-state index < -0.39 is 11.7 Å². The molecule has 1 aromatic rings. The van der Waals surface area contributed by atoms with Gasteiger partial charge in [-0.2, -0.15) is 13.2 Å². The van der Waals surface area contributed by atoms with E-state index in [4.69, 9.17) is 5.73 Å². The Labute approximate surface area is 77.7 Å². The summed E-state index contributed by atoms with van der Waals surface area (Å²) in [7, 11) is 0. The summed E-state index contributed by atoms with van der Waals surface area (Å²) < 4.78 is 36.4. The zero-order chi connectivity index (χ0) is 10.1. The predicted octanol–water partition coefficient (Wildman–Crippen LogP) is 2.78. The summed E-state index contributed by atoms with van der Waals surface area (Å²) >= 11 is 1.21. The summed E-state index contributed by atoms with van der Waals surface area (Å²) in [5.41, 5.74) is 4.56. The second-order valence-corrected chi connectivity index (χ2v) is 3.48. The molecule has 0 saturated carbocycles. The van der Waals surface area contributed by atoms with Crippen molar-refractivity contribution in [3.05, 3.63) is 28.5 Å². The van der Waals surface area contributed by atoms with Crippen molar-refractivity contribution in [1.29, 1.82) is 0 Å². The highest BCUT2D eigenvalue weighted by Crippen LogP contribution is 2.34. The maximum Gasteiger partial charge on any atom is 0.416 e. The number of hydrogen-bond acceptors (Lipinski definition) is 2. The van der Waals surface area contributed by atoms with Crippen LogP contribution >= 0.6 is 11.3 Å². The Bertz CT molecular complexity index is 313. The number of thiophene rings is 1. The standard InChI is InChI=1S/C8H8F3NS/c1-5(8(9,10)11)6-2-7(3-12)13-4-6/h2,4H,1,3,12H2. The third-order valence-corrected chi connectivity index (χ3v) is 2.50. The summed E-state index contributed by atoms with van der Waals surface area (Å²) in [6.07, 6.45) is -4.35. The molecule has 1 nitrogen and oxygen atoms in total. The van der Waals surface area contributed by atoms with Gasteiger partial charge in [0.15, 0.2) is 0 Å². The van der Waals surface area contributed by atoms with Gasteiger partial charge in [-0.1, -0.05) is 6.58 Å². The van der Waals surface area contributed by atoms with Gasteiger partial charge in [0.25, 0.3) is 0 Å². The first-order valence-electron chi connectivity index (χ1n) is 3.49.